The number of rotatable bonds is 3. The van der Waals surface area contributed by atoms with Crippen molar-refractivity contribution in [3.63, 3.8) is 0 Å². The van der Waals surface area contributed by atoms with Crippen LogP contribution in [0.15, 0.2) is 54.6 Å². The number of alkyl halides is 3. The Balaban J connectivity index is 1.52. The van der Waals surface area contributed by atoms with Gasteiger partial charge in [0.25, 0.3) is 5.69 Å². The zero-order valence-corrected chi connectivity index (χ0v) is 15.9. The van der Waals surface area contributed by atoms with Crippen LogP contribution in [0.25, 0.3) is 5.57 Å². The quantitative estimate of drug-likeness (QED) is 0.411. The molecule has 5 rings (SSSR count). The standard InChI is InChI=1S/C22H15F3N2O4/c23-22(24,25)16-10-13(6-7-17(16)27(30)31)26-20(28)18-12-8-14(11-4-2-1-3-5-11)15(9-12)19(18)21(26)29/h1-8,10,12,15,18-19H,9H2/t12?,15?,18-,19+/m0/s1. The molecule has 0 radical (unpaired) electrons. The van der Waals surface area contributed by atoms with Gasteiger partial charge in [-0.1, -0.05) is 36.4 Å². The second-order valence-corrected chi connectivity index (χ2v) is 8.01. The molecule has 2 aromatic carbocycles. The highest BCUT2D eigenvalue weighted by Gasteiger charge is 2.61. The van der Waals surface area contributed by atoms with Crippen molar-refractivity contribution in [3.8, 4) is 0 Å². The third-order valence-corrected chi connectivity index (χ3v) is 6.46. The first-order valence-electron chi connectivity index (χ1n) is 9.69. The van der Waals surface area contributed by atoms with Crippen molar-refractivity contribution in [2.75, 3.05) is 4.90 Å². The number of nitro groups is 1. The van der Waals surface area contributed by atoms with Crippen LogP contribution in [-0.4, -0.2) is 16.7 Å². The summed E-state index contributed by atoms with van der Waals surface area (Å²) in [6.07, 6.45) is -2.35. The van der Waals surface area contributed by atoms with Gasteiger partial charge in [0, 0.05) is 6.07 Å². The van der Waals surface area contributed by atoms with Crippen molar-refractivity contribution in [1.82, 2.24) is 0 Å². The van der Waals surface area contributed by atoms with Gasteiger partial charge < -0.3 is 0 Å². The molecule has 4 atom stereocenters. The molecule has 9 heteroatoms. The lowest BCUT2D eigenvalue weighted by Gasteiger charge is -2.22. The molecule has 6 nitrogen and oxygen atoms in total. The van der Waals surface area contributed by atoms with Gasteiger partial charge in [0.05, 0.1) is 22.4 Å². The van der Waals surface area contributed by atoms with E-state index < -0.39 is 46.0 Å². The summed E-state index contributed by atoms with van der Waals surface area (Å²) in [7, 11) is 0. The Hall–Kier alpha value is -3.49. The summed E-state index contributed by atoms with van der Waals surface area (Å²) in [6.45, 7) is 0. The summed E-state index contributed by atoms with van der Waals surface area (Å²) in [6, 6.07) is 11.7. The topological polar surface area (TPSA) is 80.5 Å². The molecule has 2 fully saturated rings. The number of carbonyl (C=O) groups is 2. The third-order valence-electron chi connectivity index (χ3n) is 6.46. The van der Waals surface area contributed by atoms with E-state index in [4.69, 9.17) is 0 Å². The number of fused-ring (bicyclic) bond motifs is 5. The fourth-order valence-electron chi connectivity index (χ4n) is 5.26. The lowest BCUT2D eigenvalue weighted by Crippen LogP contribution is -2.33. The smallest absolute Gasteiger partial charge is 0.274 e. The SMILES string of the molecule is O=C1[C@@H]2C3CC(C=C3c3ccccc3)[C@@H]2C(=O)N1c1ccc([N+](=O)[O-])c(C(F)(F)F)c1. The minimum Gasteiger partial charge on any atom is -0.274 e. The minimum atomic E-state index is -5.00. The van der Waals surface area contributed by atoms with Crippen LogP contribution in [0.5, 0.6) is 0 Å². The van der Waals surface area contributed by atoms with Crippen LogP contribution < -0.4 is 4.90 Å². The highest BCUT2D eigenvalue weighted by atomic mass is 19.4. The number of halogens is 3. The Morgan fingerprint density at radius 3 is 2.32 bits per heavy atom. The maximum absolute atomic E-state index is 13.4. The fourth-order valence-corrected chi connectivity index (χ4v) is 5.26. The Morgan fingerprint density at radius 1 is 1.00 bits per heavy atom. The van der Waals surface area contributed by atoms with E-state index in [0.717, 1.165) is 22.1 Å². The van der Waals surface area contributed by atoms with E-state index in [1.165, 1.54) is 0 Å². The zero-order chi connectivity index (χ0) is 22.1. The number of benzene rings is 2. The first kappa shape index (κ1) is 19.5. The highest BCUT2D eigenvalue weighted by molar-refractivity contribution is 6.23. The van der Waals surface area contributed by atoms with Crippen molar-refractivity contribution in [2.45, 2.75) is 12.6 Å². The van der Waals surface area contributed by atoms with Crippen LogP contribution in [0, 0.1) is 33.8 Å². The number of amides is 2. The third kappa shape index (κ3) is 2.79. The molecule has 2 aromatic rings. The lowest BCUT2D eigenvalue weighted by molar-refractivity contribution is -0.388. The normalized spacial score (nSPS) is 26.9. The van der Waals surface area contributed by atoms with Crippen LogP contribution in [0.1, 0.15) is 17.5 Å². The Bertz CT molecular complexity index is 1160. The predicted octanol–water partition coefficient (Wildman–Crippen LogP) is 4.45. The largest absolute Gasteiger partial charge is 0.423 e. The second kappa shape index (κ2) is 6.50. The molecule has 3 aliphatic rings. The monoisotopic (exact) mass is 428 g/mol. The molecule has 1 aliphatic heterocycles. The van der Waals surface area contributed by atoms with Crippen LogP contribution in [-0.2, 0) is 15.8 Å². The lowest BCUT2D eigenvalue weighted by atomic mass is 9.79. The molecule has 158 valence electrons. The Morgan fingerprint density at radius 2 is 1.68 bits per heavy atom. The van der Waals surface area contributed by atoms with Crippen LogP contribution in [0.4, 0.5) is 24.5 Å². The summed E-state index contributed by atoms with van der Waals surface area (Å²) in [5.41, 5.74) is -0.957. The molecule has 1 heterocycles. The highest BCUT2D eigenvalue weighted by Crippen LogP contribution is 2.58. The summed E-state index contributed by atoms with van der Waals surface area (Å²) in [5, 5.41) is 11.0. The van der Waals surface area contributed by atoms with Crippen molar-refractivity contribution in [2.24, 2.45) is 23.7 Å². The number of carbonyl (C=O) groups excluding carboxylic acids is 2. The molecule has 2 bridgehead atoms. The summed E-state index contributed by atoms with van der Waals surface area (Å²) in [5.74, 6) is -2.69. The van der Waals surface area contributed by atoms with E-state index in [1.54, 1.807) is 0 Å². The van der Waals surface area contributed by atoms with E-state index >= 15 is 0 Å². The van der Waals surface area contributed by atoms with Gasteiger partial charge in [0.15, 0.2) is 0 Å². The number of anilines is 1. The molecule has 1 saturated carbocycles. The maximum atomic E-state index is 13.4. The molecule has 1 saturated heterocycles. The van der Waals surface area contributed by atoms with Gasteiger partial charge in [-0.15, -0.1) is 0 Å². The predicted molar refractivity (Wildman–Crippen MR) is 104 cm³/mol. The van der Waals surface area contributed by atoms with Gasteiger partial charge in [-0.3, -0.25) is 19.7 Å². The van der Waals surface area contributed by atoms with Crippen LogP contribution in [0.3, 0.4) is 0 Å². The number of hydrogen-bond donors (Lipinski definition) is 0. The van der Waals surface area contributed by atoms with Crippen molar-refractivity contribution in [1.29, 1.82) is 0 Å². The maximum Gasteiger partial charge on any atom is 0.423 e. The summed E-state index contributed by atoms with van der Waals surface area (Å²) < 4.78 is 40.1. The van der Waals surface area contributed by atoms with Crippen LogP contribution >= 0.6 is 0 Å². The molecular formula is C22H15F3N2O4. The minimum absolute atomic E-state index is 0.160. The van der Waals surface area contributed by atoms with Crippen molar-refractivity contribution >= 4 is 28.8 Å². The van der Waals surface area contributed by atoms with Gasteiger partial charge in [-0.25, -0.2) is 4.90 Å². The Kier molecular flexibility index (Phi) is 4.08. The molecule has 2 unspecified atom stereocenters. The molecule has 2 aliphatic carbocycles. The second-order valence-electron chi connectivity index (χ2n) is 8.01. The zero-order valence-electron chi connectivity index (χ0n) is 15.9. The average Bonchev–Trinajstić information content (AvgIpc) is 3.39. The summed E-state index contributed by atoms with van der Waals surface area (Å²) in [4.78, 5) is 36.9. The van der Waals surface area contributed by atoms with Gasteiger partial charge in [0.2, 0.25) is 11.8 Å². The number of nitro benzene ring substituents is 1. The average molecular weight is 428 g/mol. The van der Waals surface area contributed by atoms with E-state index in [9.17, 15) is 32.9 Å². The molecular weight excluding hydrogens is 413 g/mol. The van der Waals surface area contributed by atoms with Gasteiger partial charge >= 0.3 is 6.18 Å². The van der Waals surface area contributed by atoms with Gasteiger partial charge in [-0.05, 0) is 41.5 Å². The number of nitrogens with zero attached hydrogens (tertiary/aromatic N) is 2. The fraction of sp³-hybridized carbons (Fsp3) is 0.273. The van der Waals surface area contributed by atoms with E-state index in [0.29, 0.717) is 18.6 Å². The number of hydrogen-bond acceptors (Lipinski definition) is 4. The molecule has 0 N–H and O–H groups in total. The first-order chi connectivity index (χ1) is 14.7. The van der Waals surface area contributed by atoms with E-state index in [-0.39, 0.29) is 17.5 Å². The Labute approximate surface area is 174 Å². The first-order valence-corrected chi connectivity index (χ1v) is 9.69. The molecule has 0 aromatic heterocycles. The number of allylic oxidation sites excluding steroid dienone is 2. The van der Waals surface area contributed by atoms with E-state index in [1.807, 2.05) is 36.4 Å². The van der Waals surface area contributed by atoms with Gasteiger partial charge in [-0.2, -0.15) is 13.2 Å². The van der Waals surface area contributed by atoms with Crippen molar-refractivity contribution < 1.29 is 27.7 Å². The van der Waals surface area contributed by atoms with Crippen LogP contribution in [0.2, 0.25) is 0 Å². The molecule has 31 heavy (non-hydrogen) atoms. The summed E-state index contributed by atoms with van der Waals surface area (Å²) >= 11 is 0. The van der Waals surface area contributed by atoms with E-state index in [2.05, 4.69) is 0 Å². The van der Waals surface area contributed by atoms with Crippen molar-refractivity contribution in [3.05, 3.63) is 75.8 Å². The van der Waals surface area contributed by atoms with Gasteiger partial charge in [0.1, 0.15) is 5.56 Å². The molecule has 0 spiro atoms. The molecule has 2 amide bonds. The number of imide groups is 1.